The van der Waals surface area contributed by atoms with Crippen molar-refractivity contribution in [2.45, 2.75) is 11.6 Å². The fourth-order valence-electron chi connectivity index (χ4n) is 3.44. The molecule has 3 aromatic rings. The van der Waals surface area contributed by atoms with Crippen molar-refractivity contribution >= 4 is 27.4 Å². The van der Waals surface area contributed by atoms with Crippen molar-refractivity contribution in [1.82, 2.24) is 15.0 Å². The van der Waals surface area contributed by atoms with E-state index in [1.165, 1.54) is 18.3 Å². The molecule has 1 aliphatic heterocycles. The van der Waals surface area contributed by atoms with Crippen molar-refractivity contribution in [3.8, 4) is 11.1 Å². The molecule has 1 fully saturated rings. The number of hydrogen-bond acceptors (Lipinski definition) is 4. The third kappa shape index (κ3) is 3.30. The molecule has 4 radical (unpaired) electrons. The van der Waals surface area contributed by atoms with E-state index in [0.717, 1.165) is 11.1 Å². The summed E-state index contributed by atoms with van der Waals surface area (Å²) in [6.45, 7) is 0.454. The van der Waals surface area contributed by atoms with Crippen LogP contribution in [0.3, 0.4) is 0 Å². The van der Waals surface area contributed by atoms with E-state index in [9.17, 15) is 9.18 Å². The van der Waals surface area contributed by atoms with E-state index in [1.54, 1.807) is 29.6 Å². The maximum atomic E-state index is 13.1. The van der Waals surface area contributed by atoms with Crippen LogP contribution in [0.1, 0.15) is 12.0 Å². The third-order valence-corrected chi connectivity index (χ3v) is 5.05. The molecule has 4 heterocycles. The first-order valence-electron chi connectivity index (χ1n) is 8.84. The number of halogens is 1. The molecular weight excluding hydrogens is 353 g/mol. The van der Waals surface area contributed by atoms with Gasteiger partial charge in [0.1, 0.15) is 5.82 Å². The molecule has 1 atom stereocenters. The molecule has 8 heteroatoms. The van der Waals surface area contributed by atoms with Gasteiger partial charge in [-0.15, -0.1) is 0 Å². The van der Waals surface area contributed by atoms with Crippen molar-refractivity contribution in [2.75, 3.05) is 11.4 Å². The minimum absolute atomic E-state index is 0.210. The van der Waals surface area contributed by atoms with Crippen molar-refractivity contribution < 1.29 is 9.18 Å². The predicted octanol–water partition coefficient (Wildman–Crippen LogP) is 2.22. The Labute approximate surface area is 164 Å². The van der Waals surface area contributed by atoms with E-state index in [1.807, 2.05) is 18.2 Å². The summed E-state index contributed by atoms with van der Waals surface area (Å²) < 4.78 is 13.1. The standard InChI is InChI=1S/C20H15B2FN4O/c21-20(22,15-2-3-17(23)25-12-15)16-7-10-27(19(16)28)18-4-1-14(11-26-18)13-5-8-24-9-6-13/h1-6,8-9,11-12,16H,7,10H2. The van der Waals surface area contributed by atoms with Gasteiger partial charge in [0.2, 0.25) is 11.9 Å². The summed E-state index contributed by atoms with van der Waals surface area (Å²) in [5.74, 6) is -0.948. The summed E-state index contributed by atoms with van der Waals surface area (Å²) in [7, 11) is 12.5. The Bertz CT molecular complexity index is 981. The zero-order valence-corrected chi connectivity index (χ0v) is 15.0. The van der Waals surface area contributed by atoms with Crippen LogP contribution >= 0.6 is 0 Å². The van der Waals surface area contributed by atoms with Crippen molar-refractivity contribution in [2.24, 2.45) is 5.92 Å². The summed E-state index contributed by atoms with van der Waals surface area (Å²) in [6, 6.07) is 10.1. The second-order valence-corrected chi connectivity index (χ2v) is 6.77. The molecule has 0 saturated carbocycles. The average molecular weight is 368 g/mol. The number of amides is 1. The lowest BCUT2D eigenvalue weighted by molar-refractivity contribution is -0.120. The molecule has 0 N–H and O–H groups in total. The first-order valence-corrected chi connectivity index (χ1v) is 8.84. The first-order chi connectivity index (χ1) is 13.5. The van der Waals surface area contributed by atoms with Gasteiger partial charge in [-0.3, -0.25) is 14.7 Å². The number of rotatable bonds is 4. The molecule has 3 aromatic heterocycles. The SMILES string of the molecule is [B]C([B])(c1ccc(F)nc1)C1CCN(c2ccc(-c3ccncc3)cn2)C1=O. The lowest BCUT2D eigenvalue weighted by Crippen LogP contribution is -2.42. The lowest BCUT2D eigenvalue weighted by Gasteiger charge is -2.31. The summed E-state index contributed by atoms with van der Waals surface area (Å²) in [5, 5.41) is -1.44. The molecule has 28 heavy (non-hydrogen) atoms. The van der Waals surface area contributed by atoms with E-state index >= 15 is 0 Å². The molecule has 1 amide bonds. The van der Waals surface area contributed by atoms with Crippen LogP contribution in [0.4, 0.5) is 10.2 Å². The molecule has 4 rings (SSSR count). The number of carbonyl (C=O) groups excluding carboxylic acids is 1. The number of nitrogens with zero attached hydrogens (tertiary/aromatic N) is 4. The molecule has 0 bridgehead atoms. The third-order valence-electron chi connectivity index (χ3n) is 5.05. The van der Waals surface area contributed by atoms with Crippen LogP contribution < -0.4 is 4.90 Å². The Kier molecular flexibility index (Phi) is 4.71. The van der Waals surface area contributed by atoms with Gasteiger partial charge in [-0.2, -0.15) is 4.39 Å². The second-order valence-electron chi connectivity index (χ2n) is 6.77. The monoisotopic (exact) mass is 368 g/mol. The topological polar surface area (TPSA) is 59.0 Å². The van der Waals surface area contributed by atoms with E-state index in [0.29, 0.717) is 24.3 Å². The highest BCUT2D eigenvalue weighted by molar-refractivity contribution is 6.42. The molecule has 1 saturated heterocycles. The number of anilines is 1. The molecule has 0 spiro atoms. The van der Waals surface area contributed by atoms with Crippen LogP contribution in [0.25, 0.3) is 11.1 Å². The highest BCUT2D eigenvalue weighted by Crippen LogP contribution is 2.35. The van der Waals surface area contributed by atoms with Gasteiger partial charge < -0.3 is 0 Å². The molecule has 0 aromatic carbocycles. The van der Waals surface area contributed by atoms with Gasteiger partial charge in [0.25, 0.3) is 0 Å². The molecule has 1 aliphatic rings. The van der Waals surface area contributed by atoms with Gasteiger partial charge in [-0.25, -0.2) is 9.97 Å². The Hall–Kier alpha value is -3.02. The summed E-state index contributed by atoms with van der Waals surface area (Å²) in [4.78, 5) is 26.6. The van der Waals surface area contributed by atoms with Crippen LogP contribution in [0.15, 0.2) is 61.2 Å². The van der Waals surface area contributed by atoms with Crippen LogP contribution in [-0.2, 0) is 10.0 Å². The van der Waals surface area contributed by atoms with Gasteiger partial charge in [-0.1, -0.05) is 11.3 Å². The van der Waals surface area contributed by atoms with Gasteiger partial charge >= 0.3 is 0 Å². The van der Waals surface area contributed by atoms with E-state index in [2.05, 4.69) is 15.0 Å². The normalized spacial score (nSPS) is 17.1. The van der Waals surface area contributed by atoms with Crippen molar-refractivity contribution in [3.63, 3.8) is 0 Å². The molecule has 134 valence electrons. The summed E-state index contributed by atoms with van der Waals surface area (Å²) in [6.07, 6.45) is 6.88. The predicted molar refractivity (Wildman–Crippen MR) is 105 cm³/mol. The van der Waals surface area contributed by atoms with E-state index in [-0.39, 0.29) is 5.91 Å². The van der Waals surface area contributed by atoms with Crippen LogP contribution in [0, 0.1) is 11.9 Å². The number of aromatic nitrogens is 3. The zero-order chi connectivity index (χ0) is 19.7. The minimum atomic E-state index is -1.44. The maximum absolute atomic E-state index is 13.1. The quantitative estimate of drug-likeness (QED) is 0.524. The van der Waals surface area contributed by atoms with Crippen LogP contribution in [0.2, 0.25) is 0 Å². The van der Waals surface area contributed by atoms with Crippen LogP contribution in [-0.4, -0.2) is 43.1 Å². The average Bonchev–Trinajstić information content (AvgIpc) is 3.11. The van der Waals surface area contributed by atoms with Crippen molar-refractivity contribution in [1.29, 1.82) is 0 Å². The number of hydrogen-bond donors (Lipinski definition) is 0. The fraction of sp³-hybridized carbons (Fsp3) is 0.200. The Morgan fingerprint density at radius 2 is 1.79 bits per heavy atom. The van der Waals surface area contributed by atoms with E-state index < -0.39 is 17.1 Å². The molecule has 0 aliphatic carbocycles. The van der Waals surface area contributed by atoms with Gasteiger partial charge in [0, 0.05) is 42.8 Å². The molecule has 5 nitrogen and oxygen atoms in total. The second kappa shape index (κ2) is 7.19. The van der Waals surface area contributed by atoms with Crippen molar-refractivity contribution in [3.05, 3.63) is 72.7 Å². The Morgan fingerprint density at radius 3 is 2.43 bits per heavy atom. The van der Waals surface area contributed by atoms with Gasteiger partial charge in [0.05, 0.1) is 15.7 Å². The van der Waals surface area contributed by atoms with Gasteiger partial charge in [-0.05, 0) is 47.9 Å². The van der Waals surface area contributed by atoms with E-state index in [4.69, 9.17) is 15.7 Å². The molecular formula is C20H15B2FN4O. The number of pyridine rings is 3. The minimum Gasteiger partial charge on any atom is -0.297 e. The molecule has 1 unspecified atom stereocenters. The highest BCUT2D eigenvalue weighted by Gasteiger charge is 2.43. The summed E-state index contributed by atoms with van der Waals surface area (Å²) in [5.41, 5.74) is 2.33. The first kappa shape index (κ1) is 18.3. The lowest BCUT2D eigenvalue weighted by atomic mass is 9.45. The van der Waals surface area contributed by atoms with Gasteiger partial charge in [0.15, 0.2) is 0 Å². The smallest absolute Gasteiger partial charge is 0.230 e. The Morgan fingerprint density at radius 1 is 1.00 bits per heavy atom. The van der Waals surface area contributed by atoms with Crippen LogP contribution in [0.5, 0.6) is 0 Å². The Balaban J connectivity index is 1.55. The maximum Gasteiger partial charge on any atom is 0.230 e. The summed E-state index contributed by atoms with van der Waals surface area (Å²) >= 11 is 0. The highest BCUT2D eigenvalue weighted by atomic mass is 19.1. The largest absolute Gasteiger partial charge is 0.297 e. The fourth-order valence-corrected chi connectivity index (χ4v) is 3.44. The number of carbonyl (C=O) groups is 1. The zero-order valence-electron chi connectivity index (χ0n) is 15.0.